The average molecular weight is 248 g/mol. The second-order valence-corrected chi connectivity index (χ2v) is 3.98. The summed E-state index contributed by atoms with van der Waals surface area (Å²) in [5, 5.41) is 8.88. The molecule has 18 heavy (non-hydrogen) atoms. The van der Waals surface area contributed by atoms with Crippen molar-refractivity contribution in [2.75, 3.05) is 13.1 Å². The van der Waals surface area contributed by atoms with Gasteiger partial charge in [-0.3, -0.25) is 14.6 Å². The van der Waals surface area contributed by atoms with Gasteiger partial charge in [0, 0.05) is 25.5 Å². The number of carboxylic acid groups (broad SMARTS) is 1. The fourth-order valence-corrected chi connectivity index (χ4v) is 1.48. The quantitative estimate of drug-likeness (QED) is 0.773. The molecule has 0 saturated heterocycles. The molecule has 0 aromatic carbocycles. The first kappa shape index (κ1) is 13.9. The maximum atomic E-state index is 12.1. The molecule has 1 N–H and O–H groups in total. The number of carbonyl (C=O) groups is 2. The minimum absolute atomic E-state index is 0.148. The van der Waals surface area contributed by atoms with Gasteiger partial charge >= 0.3 is 5.97 Å². The van der Waals surface area contributed by atoms with Crippen LogP contribution in [0, 0.1) is 5.92 Å². The molecule has 0 fully saturated rings. The third kappa shape index (κ3) is 3.69. The maximum absolute atomic E-state index is 12.1. The Balaban J connectivity index is 2.82. The zero-order valence-corrected chi connectivity index (χ0v) is 10.2. The Hall–Kier alpha value is -2.17. The van der Waals surface area contributed by atoms with E-state index in [1.165, 1.54) is 11.1 Å². The number of carboxylic acids is 1. The van der Waals surface area contributed by atoms with Crippen LogP contribution in [0.25, 0.3) is 0 Å². The van der Waals surface area contributed by atoms with E-state index in [0.717, 1.165) is 0 Å². The molecule has 0 spiro atoms. The van der Waals surface area contributed by atoms with Gasteiger partial charge in [-0.1, -0.05) is 13.0 Å². The highest BCUT2D eigenvalue weighted by atomic mass is 16.4. The SMILES string of the molecule is C=CCN(CC(C)C(=O)O)C(=O)c1cccnc1. The Morgan fingerprint density at radius 2 is 2.33 bits per heavy atom. The molecule has 0 aliphatic rings. The van der Waals surface area contributed by atoms with Gasteiger partial charge < -0.3 is 10.0 Å². The predicted molar refractivity (Wildman–Crippen MR) is 67.1 cm³/mol. The molecule has 0 aliphatic heterocycles. The molecule has 1 aromatic rings. The monoisotopic (exact) mass is 248 g/mol. The van der Waals surface area contributed by atoms with Crippen molar-refractivity contribution in [2.24, 2.45) is 5.92 Å². The molecule has 0 bridgehead atoms. The molecule has 5 heteroatoms. The second-order valence-electron chi connectivity index (χ2n) is 3.98. The molecule has 5 nitrogen and oxygen atoms in total. The van der Waals surface area contributed by atoms with Gasteiger partial charge in [0.25, 0.3) is 5.91 Å². The summed E-state index contributed by atoms with van der Waals surface area (Å²) in [6.07, 6.45) is 4.61. The lowest BCUT2D eigenvalue weighted by molar-refractivity contribution is -0.141. The summed E-state index contributed by atoms with van der Waals surface area (Å²) in [6.45, 7) is 5.59. The number of nitrogens with zero attached hydrogens (tertiary/aromatic N) is 2. The average Bonchev–Trinajstić information content (AvgIpc) is 2.38. The molecular formula is C13H16N2O3. The number of aromatic nitrogens is 1. The van der Waals surface area contributed by atoms with Crippen LogP contribution in [0.4, 0.5) is 0 Å². The summed E-state index contributed by atoms with van der Waals surface area (Å²) in [6, 6.07) is 3.32. The van der Waals surface area contributed by atoms with Gasteiger partial charge in [-0.05, 0) is 12.1 Å². The summed E-state index contributed by atoms with van der Waals surface area (Å²) in [5.74, 6) is -1.79. The minimum atomic E-state index is -0.928. The van der Waals surface area contributed by atoms with Crippen LogP contribution in [-0.2, 0) is 4.79 Å². The third-order valence-electron chi connectivity index (χ3n) is 2.46. The molecular weight excluding hydrogens is 232 g/mol. The van der Waals surface area contributed by atoms with E-state index in [1.807, 2.05) is 0 Å². The summed E-state index contributed by atoms with van der Waals surface area (Å²) in [7, 11) is 0. The predicted octanol–water partition coefficient (Wildman–Crippen LogP) is 1.43. The maximum Gasteiger partial charge on any atom is 0.308 e. The lowest BCUT2D eigenvalue weighted by Crippen LogP contribution is -2.37. The van der Waals surface area contributed by atoms with Crippen LogP contribution in [0.2, 0.25) is 0 Å². The number of hydrogen-bond donors (Lipinski definition) is 1. The van der Waals surface area contributed by atoms with Crippen LogP contribution < -0.4 is 0 Å². The van der Waals surface area contributed by atoms with Crippen molar-refractivity contribution in [2.45, 2.75) is 6.92 Å². The van der Waals surface area contributed by atoms with E-state index in [9.17, 15) is 9.59 Å². The van der Waals surface area contributed by atoms with Gasteiger partial charge in [-0.15, -0.1) is 6.58 Å². The van der Waals surface area contributed by atoms with Gasteiger partial charge in [-0.25, -0.2) is 0 Å². The fourth-order valence-electron chi connectivity index (χ4n) is 1.48. The first-order chi connectivity index (χ1) is 8.56. The molecule has 96 valence electrons. The zero-order chi connectivity index (χ0) is 13.5. The van der Waals surface area contributed by atoms with Crippen LogP contribution in [0.15, 0.2) is 37.2 Å². The Bertz CT molecular complexity index is 431. The van der Waals surface area contributed by atoms with Crippen LogP contribution >= 0.6 is 0 Å². The van der Waals surface area contributed by atoms with Crippen molar-refractivity contribution in [1.29, 1.82) is 0 Å². The first-order valence-electron chi connectivity index (χ1n) is 5.59. The molecule has 0 aliphatic carbocycles. The van der Waals surface area contributed by atoms with Gasteiger partial charge in [0.1, 0.15) is 0 Å². The van der Waals surface area contributed by atoms with E-state index in [-0.39, 0.29) is 12.5 Å². The van der Waals surface area contributed by atoms with Crippen molar-refractivity contribution in [3.63, 3.8) is 0 Å². The van der Waals surface area contributed by atoms with E-state index in [0.29, 0.717) is 12.1 Å². The summed E-state index contributed by atoms with van der Waals surface area (Å²) in [4.78, 5) is 28.3. The standard InChI is InChI=1S/C13H16N2O3/c1-3-7-15(9-10(2)13(17)18)12(16)11-5-4-6-14-8-11/h3-6,8,10H,1,7,9H2,2H3,(H,17,18). The number of rotatable bonds is 6. The van der Waals surface area contributed by atoms with Crippen LogP contribution in [0.1, 0.15) is 17.3 Å². The molecule has 1 unspecified atom stereocenters. The van der Waals surface area contributed by atoms with E-state index < -0.39 is 11.9 Å². The molecule has 1 atom stereocenters. The number of aliphatic carboxylic acids is 1. The normalized spacial score (nSPS) is 11.6. The highest BCUT2D eigenvalue weighted by Gasteiger charge is 2.20. The Morgan fingerprint density at radius 1 is 1.61 bits per heavy atom. The highest BCUT2D eigenvalue weighted by molar-refractivity contribution is 5.94. The zero-order valence-electron chi connectivity index (χ0n) is 10.2. The van der Waals surface area contributed by atoms with Crippen LogP contribution in [-0.4, -0.2) is 40.0 Å². The third-order valence-corrected chi connectivity index (χ3v) is 2.46. The second kappa shape index (κ2) is 6.54. The summed E-state index contributed by atoms with van der Waals surface area (Å²) >= 11 is 0. The number of carbonyl (C=O) groups excluding carboxylic acids is 1. The van der Waals surface area contributed by atoms with Gasteiger partial charge in [0.15, 0.2) is 0 Å². The smallest absolute Gasteiger partial charge is 0.308 e. The first-order valence-corrected chi connectivity index (χ1v) is 5.59. The van der Waals surface area contributed by atoms with E-state index in [1.54, 1.807) is 31.3 Å². The van der Waals surface area contributed by atoms with E-state index in [2.05, 4.69) is 11.6 Å². The van der Waals surface area contributed by atoms with Crippen molar-refractivity contribution in [3.05, 3.63) is 42.7 Å². The molecule has 1 rings (SSSR count). The van der Waals surface area contributed by atoms with E-state index in [4.69, 9.17) is 5.11 Å². The number of hydrogen-bond acceptors (Lipinski definition) is 3. The van der Waals surface area contributed by atoms with Crippen molar-refractivity contribution < 1.29 is 14.7 Å². The van der Waals surface area contributed by atoms with Crippen LogP contribution in [0.3, 0.4) is 0 Å². The lowest BCUT2D eigenvalue weighted by Gasteiger charge is -2.23. The molecule has 1 heterocycles. The molecule has 1 aromatic heterocycles. The van der Waals surface area contributed by atoms with Gasteiger partial charge in [0.2, 0.25) is 0 Å². The van der Waals surface area contributed by atoms with Crippen LogP contribution in [0.5, 0.6) is 0 Å². The van der Waals surface area contributed by atoms with Crippen molar-refractivity contribution >= 4 is 11.9 Å². The molecule has 0 saturated carbocycles. The summed E-state index contributed by atoms with van der Waals surface area (Å²) in [5.41, 5.74) is 0.442. The fraction of sp³-hybridized carbons (Fsp3) is 0.308. The number of pyridine rings is 1. The van der Waals surface area contributed by atoms with Gasteiger partial charge in [-0.2, -0.15) is 0 Å². The lowest BCUT2D eigenvalue weighted by atomic mass is 10.1. The van der Waals surface area contributed by atoms with Crippen molar-refractivity contribution in [3.8, 4) is 0 Å². The Kier molecular flexibility index (Phi) is 5.05. The Labute approximate surface area is 106 Å². The van der Waals surface area contributed by atoms with Crippen molar-refractivity contribution in [1.82, 2.24) is 9.88 Å². The number of amides is 1. The van der Waals surface area contributed by atoms with Gasteiger partial charge in [0.05, 0.1) is 11.5 Å². The molecule has 1 amide bonds. The topological polar surface area (TPSA) is 70.5 Å². The summed E-state index contributed by atoms with van der Waals surface area (Å²) < 4.78 is 0. The molecule has 0 radical (unpaired) electrons. The van der Waals surface area contributed by atoms with E-state index >= 15 is 0 Å². The Morgan fingerprint density at radius 3 is 2.83 bits per heavy atom. The highest BCUT2D eigenvalue weighted by Crippen LogP contribution is 2.07. The minimum Gasteiger partial charge on any atom is -0.481 e. The largest absolute Gasteiger partial charge is 0.481 e.